The second-order valence-electron chi connectivity index (χ2n) is 5.47. The van der Waals surface area contributed by atoms with Crippen LogP contribution in [0.15, 0.2) is 0 Å². The molecule has 4 heteroatoms. The van der Waals surface area contributed by atoms with Crippen molar-refractivity contribution in [1.29, 1.82) is 0 Å². The third-order valence-electron chi connectivity index (χ3n) is 3.67. The molecule has 0 aromatic rings. The van der Waals surface area contributed by atoms with Gasteiger partial charge < -0.3 is 19.3 Å². The highest BCUT2D eigenvalue weighted by Gasteiger charge is 2.05. The number of unbranched alkanes of at least 4 members (excludes halogenated alkanes) is 2. The summed E-state index contributed by atoms with van der Waals surface area (Å²) in [4.78, 5) is 0. The molecule has 4 nitrogen and oxygen atoms in total. The molecule has 0 radical (unpaired) electrons. The van der Waals surface area contributed by atoms with Crippen LogP contribution in [0.4, 0.5) is 0 Å². The van der Waals surface area contributed by atoms with Gasteiger partial charge in [-0.2, -0.15) is 0 Å². The van der Waals surface area contributed by atoms with E-state index in [-0.39, 0.29) is 6.61 Å². The maximum absolute atomic E-state index is 8.52. The molecule has 0 amide bonds. The van der Waals surface area contributed by atoms with Gasteiger partial charge in [-0.15, -0.1) is 0 Å². The lowest BCUT2D eigenvalue weighted by Gasteiger charge is -2.14. The van der Waals surface area contributed by atoms with Gasteiger partial charge in [0.15, 0.2) is 0 Å². The summed E-state index contributed by atoms with van der Waals surface area (Å²) in [6, 6.07) is 0. The molecule has 0 saturated carbocycles. The summed E-state index contributed by atoms with van der Waals surface area (Å²) in [7, 11) is 0. The Morgan fingerprint density at radius 2 is 1.29 bits per heavy atom. The minimum absolute atomic E-state index is 0.0698. The van der Waals surface area contributed by atoms with Gasteiger partial charge in [0.05, 0.1) is 39.6 Å². The van der Waals surface area contributed by atoms with Gasteiger partial charge in [-0.1, -0.05) is 46.0 Å². The van der Waals surface area contributed by atoms with E-state index in [0.717, 1.165) is 18.9 Å². The number of hydrogen-bond acceptors (Lipinski definition) is 4. The molecule has 0 fully saturated rings. The topological polar surface area (TPSA) is 47.9 Å². The second kappa shape index (κ2) is 17.9. The largest absolute Gasteiger partial charge is 0.394 e. The quantitative estimate of drug-likeness (QED) is 0.418. The zero-order valence-electron chi connectivity index (χ0n) is 14.1. The van der Waals surface area contributed by atoms with E-state index in [1.54, 1.807) is 0 Å². The minimum Gasteiger partial charge on any atom is -0.394 e. The molecule has 1 N–H and O–H groups in total. The monoisotopic (exact) mass is 304 g/mol. The molecular formula is C17H36O4. The normalized spacial score (nSPS) is 12.7. The van der Waals surface area contributed by atoms with Gasteiger partial charge in [0.1, 0.15) is 0 Å². The van der Waals surface area contributed by atoms with Crippen LogP contribution in [-0.2, 0) is 14.2 Å². The zero-order valence-corrected chi connectivity index (χ0v) is 14.1. The van der Waals surface area contributed by atoms with Crippen LogP contribution in [0.1, 0.15) is 58.8 Å². The smallest absolute Gasteiger partial charge is 0.0701 e. The second-order valence-corrected chi connectivity index (χ2v) is 5.47. The molecule has 0 heterocycles. The Labute approximate surface area is 131 Å². The molecule has 0 spiro atoms. The fourth-order valence-electron chi connectivity index (χ4n) is 2.32. The van der Waals surface area contributed by atoms with E-state index in [4.69, 9.17) is 19.3 Å². The van der Waals surface area contributed by atoms with Crippen LogP contribution in [0, 0.1) is 5.92 Å². The van der Waals surface area contributed by atoms with Gasteiger partial charge in [-0.3, -0.25) is 0 Å². The van der Waals surface area contributed by atoms with E-state index >= 15 is 0 Å². The van der Waals surface area contributed by atoms with Crippen LogP contribution >= 0.6 is 0 Å². The number of ether oxygens (including phenoxy) is 3. The summed E-state index contributed by atoms with van der Waals surface area (Å²) < 4.78 is 16.0. The Bertz CT molecular complexity index is 188. The molecule has 0 aromatic heterocycles. The Morgan fingerprint density at radius 3 is 1.86 bits per heavy atom. The van der Waals surface area contributed by atoms with Crippen molar-refractivity contribution in [2.24, 2.45) is 5.92 Å². The van der Waals surface area contributed by atoms with Gasteiger partial charge in [-0.05, 0) is 18.8 Å². The van der Waals surface area contributed by atoms with Crippen LogP contribution in [0.3, 0.4) is 0 Å². The molecule has 0 aliphatic carbocycles. The molecule has 0 bridgehead atoms. The highest BCUT2D eigenvalue weighted by atomic mass is 16.5. The first-order valence-electron chi connectivity index (χ1n) is 8.69. The molecular weight excluding hydrogens is 268 g/mol. The van der Waals surface area contributed by atoms with E-state index in [0.29, 0.717) is 33.0 Å². The van der Waals surface area contributed by atoms with Gasteiger partial charge >= 0.3 is 0 Å². The molecule has 0 aromatic carbocycles. The highest BCUT2D eigenvalue weighted by molar-refractivity contribution is 4.58. The molecule has 1 unspecified atom stereocenters. The van der Waals surface area contributed by atoms with E-state index < -0.39 is 0 Å². The first kappa shape index (κ1) is 20.8. The Morgan fingerprint density at radius 1 is 0.714 bits per heavy atom. The van der Waals surface area contributed by atoms with Crippen molar-refractivity contribution < 1.29 is 19.3 Å². The Balaban J connectivity index is 3.19. The summed E-state index contributed by atoms with van der Waals surface area (Å²) in [6.07, 6.45) is 9.17. The third-order valence-corrected chi connectivity index (χ3v) is 3.67. The molecule has 0 saturated heterocycles. The average molecular weight is 304 g/mol. The van der Waals surface area contributed by atoms with Crippen LogP contribution in [0.2, 0.25) is 0 Å². The molecule has 0 rings (SSSR count). The standard InChI is InChI=1S/C17H36O4/c1-3-5-6-8-17(4-2)9-7-11-19-13-15-21-16-14-20-12-10-18/h17-18H,3-16H2,1-2H3. The summed E-state index contributed by atoms with van der Waals surface area (Å²) in [5.41, 5.74) is 0. The van der Waals surface area contributed by atoms with Crippen molar-refractivity contribution in [3.63, 3.8) is 0 Å². The number of aliphatic hydroxyl groups is 1. The van der Waals surface area contributed by atoms with Crippen LogP contribution in [-0.4, -0.2) is 51.4 Å². The Hall–Kier alpha value is -0.160. The average Bonchev–Trinajstić information content (AvgIpc) is 2.51. The number of rotatable bonds is 17. The fourth-order valence-corrected chi connectivity index (χ4v) is 2.32. The van der Waals surface area contributed by atoms with Crippen LogP contribution < -0.4 is 0 Å². The van der Waals surface area contributed by atoms with Gasteiger partial charge in [0, 0.05) is 6.61 Å². The predicted molar refractivity (Wildman–Crippen MR) is 86.7 cm³/mol. The van der Waals surface area contributed by atoms with Crippen molar-refractivity contribution in [1.82, 2.24) is 0 Å². The fraction of sp³-hybridized carbons (Fsp3) is 1.00. The minimum atomic E-state index is 0.0698. The first-order valence-corrected chi connectivity index (χ1v) is 8.69. The van der Waals surface area contributed by atoms with Crippen molar-refractivity contribution >= 4 is 0 Å². The van der Waals surface area contributed by atoms with E-state index in [1.807, 2.05) is 0 Å². The maximum atomic E-state index is 8.52. The van der Waals surface area contributed by atoms with Crippen molar-refractivity contribution in [3.05, 3.63) is 0 Å². The maximum Gasteiger partial charge on any atom is 0.0701 e. The predicted octanol–water partition coefficient (Wildman–Crippen LogP) is 3.42. The van der Waals surface area contributed by atoms with Crippen LogP contribution in [0.5, 0.6) is 0 Å². The molecule has 128 valence electrons. The lowest BCUT2D eigenvalue weighted by molar-refractivity contribution is 0.00682. The molecule has 0 aliphatic heterocycles. The van der Waals surface area contributed by atoms with Crippen molar-refractivity contribution in [2.75, 3.05) is 46.2 Å². The van der Waals surface area contributed by atoms with E-state index in [9.17, 15) is 0 Å². The van der Waals surface area contributed by atoms with E-state index in [1.165, 1.54) is 38.5 Å². The lowest BCUT2D eigenvalue weighted by Crippen LogP contribution is -2.11. The molecule has 21 heavy (non-hydrogen) atoms. The summed E-state index contributed by atoms with van der Waals surface area (Å²) >= 11 is 0. The molecule has 1 atom stereocenters. The summed E-state index contributed by atoms with van der Waals surface area (Å²) in [6.45, 7) is 8.24. The Kier molecular flexibility index (Phi) is 17.8. The van der Waals surface area contributed by atoms with Gasteiger partial charge in [0.25, 0.3) is 0 Å². The number of hydrogen-bond donors (Lipinski definition) is 1. The first-order chi connectivity index (χ1) is 10.3. The lowest BCUT2D eigenvalue weighted by atomic mass is 9.94. The highest BCUT2D eigenvalue weighted by Crippen LogP contribution is 2.18. The third kappa shape index (κ3) is 16.0. The number of aliphatic hydroxyl groups excluding tert-OH is 1. The molecule has 0 aliphatic rings. The van der Waals surface area contributed by atoms with Crippen molar-refractivity contribution in [2.45, 2.75) is 58.8 Å². The zero-order chi connectivity index (χ0) is 15.6. The SMILES string of the molecule is CCCCCC(CC)CCCOCCOCCOCCO. The van der Waals surface area contributed by atoms with E-state index in [2.05, 4.69) is 13.8 Å². The van der Waals surface area contributed by atoms with Crippen LogP contribution in [0.25, 0.3) is 0 Å². The van der Waals surface area contributed by atoms with Gasteiger partial charge in [-0.25, -0.2) is 0 Å². The van der Waals surface area contributed by atoms with Crippen molar-refractivity contribution in [3.8, 4) is 0 Å². The van der Waals surface area contributed by atoms with Gasteiger partial charge in [0.2, 0.25) is 0 Å². The summed E-state index contributed by atoms with van der Waals surface area (Å²) in [5.74, 6) is 0.875. The summed E-state index contributed by atoms with van der Waals surface area (Å²) in [5, 5.41) is 8.52.